The smallest absolute Gasteiger partial charge is 0.481 e. The number of alkyl halides is 3. The van der Waals surface area contributed by atoms with Crippen molar-refractivity contribution in [1.82, 2.24) is 4.90 Å². The number of benzene rings is 1. The molecule has 1 aliphatic rings. The van der Waals surface area contributed by atoms with E-state index in [4.69, 9.17) is 9.84 Å². The zero-order valence-corrected chi connectivity index (χ0v) is 15.5. The molecule has 6 nitrogen and oxygen atoms in total. The summed E-state index contributed by atoms with van der Waals surface area (Å²) >= 11 is 0. The number of ether oxygens (including phenoxy) is 2. The van der Waals surface area contributed by atoms with Gasteiger partial charge in [0.2, 0.25) is 0 Å². The summed E-state index contributed by atoms with van der Waals surface area (Å²) in [7, 11) is 0. The van der Waals surface area contributed by atoms with Crippen molar-refractivity contribution in [3.63, 3.8) is 0 Å². The third-order valence-electron chi connectivity index (χ3n) is 4.51. The fourth-order valence-electron chi connectivity index (χ4n) is 3.21. The molecule has 2 rings (SSSR count). The number of rotatable bonds is 10. The Morgan fingerprint density at radius 1 is 1.21 bits per heavy atom. The second-order valence-corrected chi connectivity index (χ2v) is 6.47. The van der Waals surface area contributed by atoms with Crippen LogP contribution in [0.3, 0.4) is 0 Å². The van der Waals surface area contributed by atoms with E-state index in [0.717, 1.165) is 5.69 Å². The Morgan fingerprint density at radius 3 is 2.39 bits per heavy atom. The average Bonchev–Trinajstić information content (AvgIpc) is 2.63. The van der Waals surface area contributed by atoms with Crippen LogP contribution in [0.5, 0.6) is 5.75 Å². The maximum atomic E-state index is 12.2. The molecule has 0 amide bonds. The minimum Gasteiger partial charge on any atom is -0.481 e. The van der Waals surface area contributed by atoms with Crippen molar-refractivity contribution in [3.8, 4) is 5.75 Å². The molecule has 1 unspecified atom stereocenters. The van der Waals surface area contributed by atoms with Gasteiger partial charge < -0.3 is 19.5 Å². The summed E-state index contributed by atoms with van der Waals surface area (Å²) in [5, 5.41) is 9.17. The van der Waals surface area contributed by atoms with Gasteiger partial charge in [0, 0.05) is 44.5 Å². The Bertz CT molecular complexity index is 629. The van der Waals surface area contributed by atoms with Gasteiger partial charge in [0.25, 0.3) is 0 Å². The first kappa shape index (κ1) is 22.0. The molecule has 28 heavy (non-hydrogen) atoms. The van der Waals surface area contributed by atoms with Crippen LogP contribution in [0.15, 0.2) is 36.9 Å². The van der Waals surface area contributed by atoms with Gasteiger partial charge in [0.05, 0.1) is 13.0 Å². The topological polar surface area (TPSA) is 62.2 Å². The summed E-state index contributed by atoms with van der Waals surface area (Å²) in [6, 6.07) is 5.65. The van der Waals surface area contributed by atoms with Crippen molar-refractivity contribution < 1.29 is 32.5 Å². The van der Waals surface area contributed by atoms with E-state index in [-0.39, 0.29) is 18.2 Å². The number of aliphatic carboxylic acids is 1. The quantitative estimate of drug-likeness (QED) is 0.479. The molecule has 1 aliphatic heterocycles. The van der Waals surface area contributed by atoms with Crippen LogP contribution in [-0.2, 0) is 9.53 Å². The van der Waals surface area contributed by atoms with E-state index in [2.05, 4.69) is 21.1 Å². The lowest BCUT2D eigenvalue weighted by atomic mass is 10.1. The van der Waals surface area contributed by atoms with Crippen molar-refractivity contribution in [1.29, 1.82) is 0 Å². The van der Waals surface area contributed by atoms with Crippen LogP contribution in [0.1, 0.15) is 12.8 Å². The first-order chi connectivity index (χ1) is 13.3. The van der Waals surface area contributed by atoms with Gasteiger partial charge in [0.15, 0.2) is 0 Å². The molecule has 1 fully saturated rings. The van der Waals surface area contributed by atoms with Crippen molar-refractivity contribution in [3.05, 3.63) is 36.9 Å². The lowest BCUT2D eigenvalue weighted by Gasteiger charge is -2.40. The molecule has 0 aliphatic carbocycles. The fraction of sp³-hybridized carbons (Fsp3) is 0.526. The van der Waals surface area contributed by atoms with Crippen LogP contribution < -0.4 is 9.64 Å². The Hall–Kier alpha value is -2.26. The van der Waals surface area contributed by atoms with Crippen LogP contribution in [-0.4, -0.2) is 67.8 Å². The van der Waals surface area contributed by atoms with Gasteiger partial charge in [-0.2, -0.15) is 0 Å². The molecular weight excluding hydrogens is 377 g/mol. The van der Waals surface area contributed by atoms with Gasteiger partial charge in [-0.15, -0.1) is 19.8 Å². The van der Waals surface area contributed by atoms with Gasteiger partial charge in [0.1, 0.15) is 5.75 Å². The van der Waals surface area contributed by atoms with E-state index in [9.17, 15) is 18.0 Å². The zero-order valence-electron chi connectivity index (χ0n) is 15.5. The molecule has 1 aromatic rings. The largest absolute Gasteiger partial charge is 0.573 e. The lowest BCUT2D eigenvalue weighted by molar-refractivity contribution is -0.274. The standard InChI is InChI=1S/C19H25F3N2O4/c1-2-12-27-13-7-16(14-18(25)26)24-10-8-23(9-11-24)15-3-5-17(6-4-15)28-19(20,21)22/h2-6,16H,1,7-14H2,(H,25,26). The van der Waals surface area contributed by atoms with E-state index in [0.29, 0.717) is 45.8 Å². The highest BCUT2D eigenvalue weighted by Crippen LogP contribution is 2.26. The molecule has 1 saturated heterocycles. The minimum atomic E-state index is -4.71. The van der Waals surface area contributed by atoms with E-state index >= 15 is 0 Å². The maximum absolute atomic E-state index is 12.2. The summed E-state index contributed by atoms with van der Waals surface area (Å²) in [5.41, 5.74) is 0.804. The highest BCUT2D eigenvalue weighted by Gasteiger charge is 2.31. The van der Waals surface area contributed by atoms with E-state index in [1.54, 1.807) is 18.2 Å². The first-order valence-corrected chi connectivity index (χ1v) is 9.03. The monoisotopic (exact) mass is 402 g/mol. The number of hydrogen-bond acceptors (Lipinski definition) is 5. The Morgan fingerprint density at radius 2 is 1.86 bits per heavy atom. The first-order valence-electron chi connectivity index (χ1n) is 9.03. The highest BCUT2D eigenvalue weighted by atomic mass is 19.4. The van der Waals surface area contributed by atoms with E-state index < -0.39 is 12.3 Å². The predicted molar refractivity (Wildman–Crippen MR) is 98.6 cm³/mol. The molecule has 1 N–H and O–H groups in total. The lowest BCUT2D eigenvalue weighted by Crippen LogP contribution is -2.51. The van der Waals surface area contributed by atoms with Crippen LogP contribution in [0.4, 0.5) is 18.9 Å². The third kappa shape index (κ3) is 7.40. The number of halogens is 3. The Balaban J connectivity index is 1.88. The molecule has 0 spiro atoms. The van der Waals surface area contributed by atoms with Gasteiger partial charge in [-0.1, -0.05) is 6.08 Å². The van der Waals surface area contributed by atoms with Gasteiger partial charge in [-0.25, -0.2) is 0 Å². The van der Waals surface area contributed by atoms with Crippen molar-refractivity contribution >= 4 is 11.7 Å². The molecule has 0 radical (unpaired) electrons. The number of carbonyl (C=O) groups is 1. The molecule has 156 valence electrons. The molecule has 1 aromatic carbocycles. The normalized spacial score (nSPS) is 16.6. The number of carboxylic acids is 1. The SMILES string of the molecule is C=CCOCCC(CC(=O)O)N1CCN(c2ccc(OC(F)(F)F)cc2)CC1. The molecule has 9 heteroatoms. The fourth-order valence-corrected chi connectivity index (χ4v) is 3.21. The second kappa shape index (κ2) is 10.3. The Kier molecular flexibility index (Phi) is 8.13. The highest BCUT2D eigenvalue weighted by molar-refractivity contribution is 5.67. The van der Waals surface area contributed by atoms with Crippen molar-refractivity contribution in [2.45, 2.75) is 25.2 Å². The maximum Gasteiger partial charge on any atom is 0.573 e. The summed E-state index contributed by atoms with van der Waals surface area (Å²) in [4.78, 5) is 15.4. The number of hydrogen-bond donors (Lipinski definition) is 1. The average molecular weight is 402 g/mol. The van der Waals surface area contributed by atoms with Crippen LogP contribution in [0.2, 0.25) is 0 Å². The van der Waals surface area contributed by atoms with Crippen LogP contribution in [0.25, 0.3) is 0 Å². The van der Waals surface area contributed by atoms with Gasteiger partial charge >= 0.3 is 12.3 Å². The number of anilines is 1. The molecular formula is C19H25F3N2O4. The summed E-state index contributed by atoms with van der Waals surface area (Å²) in [6.45, 7) is 7.12. The number of nitrogens with zero attached hydrogens (tertiary/aromatic N) is 2. The van der Waals surface area contributed by atoms with Crippen LogP contribution in [0, 0.1) is 0 Å². The van der Waals surface area contributed by atoms with Crippen LogP contribution >= 0.6 is 0 Å². The molecule has 0 bridgehead atoms. The van der Waals surface area contributed by atoms with Crippen molar-refractivity contribution in [2.24, 2.45) is 0 Å². The zero-order chi connectivity index (χ0) is 20.6. The van der Waals surface area contributed by atoms with Gasteiger partial charge in [-0.05, 0) is 30.7 Å². The summed E-state index contributed by atoms with van der Waals surface area (Å²) in [6.07, 6.45) is -2.40. The molecule has 0 aromatic heterocycles. The predicted octanol–water partition coefficient (Wildman–Crippen LogP) is 3.14. The molecule has 1 atom stereocenters. The summed E-state index contributed by atoms with van der Waals surface area (Å²) < 4.78 is 46.0. The van der Waals surface area contributed by atoms with E-state index in [1.165, 1.54) is 12.1 Å². The number of carboxylic acid groups (broad SMARTS) is 1. The minimum absolute atomic E-state index is 0.0426. The summed E-state index contributed by atoms with van der Waals surface area (Å²) in [5.74, 6) is -1.10. The molecule has 1 heterocycles. The van der Waals surface area contributed by atoms with Gasteiger partial charge in [-0.3, -0.25) is 9.69 Å². The second-order valence-electron chi connectivity index (χ2n) is 6.47. The Labute approximate surface area is 162 Å². The van der Waals surface area contributed by atoms with E-state index in [1.807, 2.05) is 0 Å². The number of piperazine rings is 1. The molecule has 0 saturated carbocycles. The van der Waals surface area contributed by atoms with Crippen molar-refractivity contribution in [2.75, 3.05) is 44.3 Å². The third-order valence-corrected chi connectivity index (χ3v) is 4.51.